The Morgan fingerprint density at radius 2 is 2.23 bits per heavy atom. The van der Waals surface area contributed by atoms with Gasteiger partial charge in [0.05, 0.1) is 12.2 Å². The second kappa shape index (κ2) is 8.76. The van der Waals surface area contributed by atoms with Crippen molar-refractivity contribution in [1.29, 1.82) is 0 Å². The van der Waals surface area contributed by atoms with Crippen molar-refractivity contribution in [3.05, 3.63) is 62.5 Å². The van der Waals surface area contributed by atoms with Crippen molar-refractivity contribution in [3.63, 3.8) is 0 Å². The van der Waals surface area contributed by atoms with E-state index in [1.54, 1.807) is 18.5 Å². The summed E-state index contributed by atoms with van der Waals surface area (Å²) in [6, 6.07) is 3.09. The van der Waals surface area contributed by atoms with Gasteiger partial charge in [0.25, 0.3) is 0 Å². The Balaban J connectivity index is 1.84. The van der Waals surface area contributed by atoms with Gasteiger partial charge in [-0.25, -0.2) is 14.2 Å². The zero-order valence-electron chi connectivity index (χ0n) is 16.5. The number of aromatic nitrogens is 1. The maximum Gasteiger partial charge on any atom is 0.338 e. The van der Waals surface area contributed by atoms with Crippen LogP contribution in [0.1, 0.15) is 36.4 Å². The molecule has 1 aromatic carbocycles. The predicted octanol–water partition coefficient (Wildman–Crippen LogP) is 3.95. The zero-order chi connectivity index (χ0) is 22.1. The largest absolute Gasteiger partial charge is 0.481 e. The summed E-state index contributed by atoms with van der Waals surface area (Å²) in [4.78, 5) is 33.2. The summed E-state index contributed by atoms with van der Waals surface area (Å²) in [5, 5.41) is 14.9. The number of nitrogens with one attached hydrogen (secondary N) is 1. The molecule has 2 aliphatic rings. The van der Waals surface area contributed by atoms with Crippen LogP contribution in [0.3, 0.4) is 0 Å². The second-order valence-corrected chi connectivity index (χ2v) is 8.56. The van der Waals surface area contributed by atoms with E-state index in [9.17, 15) is 19.1 Å². The molecule has 1 aromatic heterocycles. The lowest BCUT2D eigenvalue weighted by Crippen LogP contribution is -2.35. The number of rotatable bonds is 7. The Morgan fingerprint density at radius 3 is 2.87 bits per heavy atom. The van der Waals surface area contributed by atoms with E-state index in [0.717, 1.165) is 0 Å². The lowest BCUT2D eigenvalue weighted by atomic mass is 9.93. The minimum atomic E-state index is -0.895. The zero-order valence-corrected chi connectivity index (χ0v) is 18.0. The highest BCUT2D eigenvalue weighted by molar-refractivity contribution is 7.11. The number of nitrogens with zero attached hydrogens (tertiary/aromatic N) is 2. The first-order valence-corrected chi connectivity index (χ1v) is 11.0. The average Bonchev–Trinajstić information content (AvgIpc) is 3.23. The number of amidine groups is 1. The molecule has 0 saturated heterocycles. The Bertz CT molecular complexity index is 1090. The van der Waals surface area contributed by atoms with Crippen LogP contribution in [0.25, 0.3) is 0 Å². The highest BCUT2D eigenvalue weighted by Gasteiger charge is 2.47. The summed E-state index contributed by atoms with van der Waals surface area (Å²) in [5.41, 5.74) is 1.28. The van der Waals surface area contributed by atoms with E-state index in [0.29, 0.717) is 28.5 Å². The summed E-state index contributed by atoms with van der Waals surface area (Å²) in [7, 11) is 0. The highest BCUT2D eigenvalue weighted by atomic mass is 35.5. The molecule has 3 unspecified atom stereocenters. The summed E-state index contributed by atoms with van der Waals surface area (Å²) in [5.74, 6) is -1.79. The third-order valence-electron chi connectivity index (χ3n) is 5.19. The molecule has 0 radical (unpaired) electrons. The first-order valence-electron chi connectivity index (χ1n) is 9.71. The second-order valence-electron chi connectivity index (χ2n) is 7.26. The van der Waals surface area contributed by atoms with Crippen molar-refractivity contribution in [2.75, 3.05) is 6.61 Å². The molecule has 10 heteroatoms. The highest BCUT2D eigenvalue weighted by Crippen LogP contribution is 2.50. The fraction of sp³-hybridized carbons (Fsp3) is 0.333. The van der Waals surface area contributed by atoms with Crippen LogP contribution in [-0.4, -0.2) is 34.5 Å². The number of hydrogen-bond acceptors (Lipinski definition) is 7. The Kier molecular flexibility index (Phi) is 6.06. The number of carbonyl (C=O) groups excluding carboxylic acids is 1. The van der Waals surface area contributed by atoms with E-state index in [-0.39, 0.29) is 35.5 Å². The van der Waals surface area contributed by atoms with Crippen molar-refractivity contribution in [2.45, 2.75) is 25.8 Å². The number of carbonyl (C=O) groups is 2. The number of benzene rings is 1. The Morgan fingerprint density at radius 1 is 1.42 bits per heavy atom. The molecule has 1 aliphatic carbocycles. The summed E-state index contributed by atoms with van der Waals surface area (Å²) >= 11 is 7.70. The average molecular weight is 464 g/mol. The fourth-order valence-corrected chi connectivity index (χ4v) is 4.60. The maximum atomic E-state index is 13.7. The molecule has 162 valence electrons. The number of esters is 1. The van der Waals surface area contributed by atoms with E-state index < -0.39 is 23.8 Å². The van der Waals surface area contributed by atoms with Gasteiger partial charge in [0.1, 0.15) is 11.9 Å². The standard InChI is InChI=1S/C21H19ClFN3O4S/c1-2-30-21(29)16-17(12-4-3-11(23)9-14(12)22)25-19(20-24-5-6-31-20)26-18(16)13-7-10(13)8-15(27)28/h3-6,9-10,13,17H,2,7-8H2,1H3,(H,25,26)(H,27,28). The van der Waals surface area contributed by atoms with Crippen molar-refractivity contribution >= 4 is 40.7 Å². The molecule has 0 bridgehead atoms. The van der Waals surface area contributed by atoms with Crippen LogP contribution in [0.15, 0.2) is 46.0 Å². The molecule has 7 nitrogen and oxygen atoms in total. The number of halogens is 2. The third-order valence-corrected chi connectivity index (χ3v) is 6.30. The van der Waals surface area contributed by atoms with E-state index in [1.807, 2.05) is 0 Å². The number of aliphatic carboxylic acids is 1. The Hall–Kier alpha value is -2.78. The lowest BCUT2D eigenvalue weighted by Gasteiger charge is -2.28. The van der Waals surface area contributed by atoms with Crippen LogP contribution in [0.2, 0.25) is 5.02 Å². The van der Waals surface area contributed by atoms with Gasteiger partial charge in [-0.3, -0.25) is 9.79 Å². The van der Waals surface area contributed by atoms with Gasteiger partial charge < -0.3 is 15.2 Å². The fourth-order valence-electron chi connectivity index (χ4n) is 3.74. The molecule has 0 spiro atoms. The minimum absolute atomic E-state index is 0.00233. The van der Waals surface area contributed by atoms with Gasteiger partial charge in [-0.15, -0.1) is 11.3 Å². The maximum absolute atomic E-state index is 13.7. The molecule has 1 saturated carbocycles. The monoisotopic (exact) mass is 463 g/mol. The molecule has 0 amide bonds. The first kappa shape index (κ1) is 21.5. The molecule has 31 heavy (non-hydrogen) atoms. The van der Waals surface area contributed by atoms with Crippen LogP contribution >= 0.6 is 22.9 Å². The van der Waals surface area contributed by atoms with Gasteiger partial charge in [-0.05, 0) is 31.4 Å². The summed E-state index contributed by atoms with van der Waals surface area (Å²) in [6.07, 6.45) is 2.25. The van der Waals surface area contributed by atoms with Gasteiger partial charge in [-0.1, -0.05) is 17.7 Å². The van der Waals surface area contributed by atoms with Gasteiger partial charge >= 0.3 is 11.9 Å². The van der Waals surface area contributed by atoms with E-state index in [4.69, 9.17) is 16.3 Å². The third kappa shape index (κ3) is 4.47. The van der Waals surface area contributed by atoms with Gasteiger partial charge in [-0.2, -0.15) is 0 Å². The molecule has 2 N–H and O–H groups in total. The quantitative estimate of drug-likeness (QED) is 0.603. The van der Waals surface area contributed by atoms with Crippen molar-refractivity contribution in [1.82, 2.24) is 10.3 Å². The first-order chi connectivity index (χ1) is 14.9. The van der Waals surface area contributed by atoms with Crippen LogP contribution in [-0.2, 0) is 14.3 Å². The number of aliphatic imine (C=N–C) groups is 1. The van der Waals surface area contributed by atoms with Crippen LogP contribution in [0, 0.1) is 17.7 Å². The molecule has 1 aliphatic heterocycles. The number of thiazole rings is 1. The van der Waals surface area contributed by atoms with Crippen molar-refractivity contribution < 1.29 is 23.8 Å². The van der Waals surface area contributed by atoms with Gasteiger partial charge in [0, 0.05) is 40.2 Å². The minimum Gasteiger partial charge on any atom is -0.481 e. The molecule has 1 fully saturated rings. The van der Waals surface area contributed by atoms with E-state index in [1.165, 1.54) is 29.5 Å². The van der Waals surface area contributed by atoms with Gasteiger partial charge in [0.2, 0.25) is 0 Å². The topological polar surface area (TPSA) is 101 Å². The lowest BCUT2D eigenvalue weighted by molar-refractivity contribution is -0.139. The summed E-state index contributed by atoms with van der Waals surface area (Å²) in [6.45, 7) is 1.86. The SMILES string of the molecule is CCOC(=O)C1=C(C2CC2CC(=O)O)NC(c2nccs2)=NC1c1ccc(F)cc1Cl. The molecular formula is C21H19ClFN3O4S. The van der Waals surface area contributed by atoms with Gasteiger partial charge in [0.15, 0.2) is 10.8 Å². The van der Waals surface area contributed by atoms with Crippen molar-refractivity contribution in [3.8, 4) is 0 Å². The smallest absolute Gasteiger partial charge is 0.338 e. The number of hydrogen-bond donors (Lipinski definition) is 2. The summed E-state index contributed by atoms with van der Waals surface area (Å²) < 4.78 is 19.0. The van der Waals surface area contributed by atoms with Crippen LogP contribution in [0.4, 0.5) is 4.39 Å². The molecular weight excluding hydrogens is 445 g/mol. The van der Waals surface area contributed by atoms with Crippen molar-refractivity contribution in [2.24, 2.45) is 16.8 Å². The van der Waals surface area contributed by atoms with Crippen LogP contribution < -0.4 is 5.32 Å². The number of ether oxygens (including phenoxy) is 1. The predicted molar refractivity (Wildman–Crippen MR) is 113 cm³/mol. The van der Waals surface area contributed by atoms with E-state index in [2.05, 4.69) is 15.3 Å². The number of carboxylic acid groups (broad SMARTS) is 1. The van der Waals surface area contributed by atoms with Crippen LogP contribution in [0.5, 0.6) is 0 Å². The van der Waals surface area contributed by atoms with E-state index >= 15 is 0 Å². The normalized spacial score (nSPS) is 22.5. The number of carboxylic acids is 1. The molecule has 3 atom stereocenters. The molecule has 2 heterocycles. The Labute approximate surface area is 186 Å². The molecule has 2 aromatic rings. The number of allylic oxidation sites excluding steroid dienone is 1. The molecule has 4 rings (SSSR count).